The highest BCUT2D eigenvalue weighted by Crippen LogP contribution is 2.26. The first-order chi connectivity index (χ1) is 11.0. The molecule has 1 aromatic heterocycles. The minimum absolute atomic E-state index is 0.229. The van der Waals surface area contributed by atoms with Gasteiger partial charge in [-0.3, -0.25) is 9.59 Å². The summed E-state index contributed by atoms with van der Waals surface area (Å²) in [5.41, 5.74) is 1.75. The van der Waals surface area contributed by atoms with Gasteiger partial charge in [0.1, 0.15) is 5.25 Å². The van der Waals surface area contributed by atoms with Crippen LogP contribution in [0, 0.1) is 0 Å². The molecule has 0 unspecified atom stereocenters. The highest BCUT2D eigenvalue weighted by Gasteiger charge is 2.32. The van der Waals surface area contributed by atoms with Gasteiger partial charge in [-0.2, -0.15) is 5.10 Å². The molecule has 1 aromatic carbocycles. The molecule has 1 amide bonds. The van der Waals surface area contributed by atoms with Gasteiger partial charge in [0.25, 0.3) is 0 Å². The van der Waals surface area contributed by atoms with E-state index in [-0.39, 0.29) is 12.3 Å². The van der Waals surface area contributed by atoms with Crippen LogP contribution in [0.3, 0.4) is 0 Å². The lowest BCUT2D eigenvalue weighted by molar-refractivity contribution is -0.138. The van der Waals surface area contributed by atoms with Gasteiger partial charge in [-0.1, -0.05) is 30.0 Å². The number of hydrogen-bond acceptors (Lipinski definition) is 6. The average molecular weight is 347 g/mol. The van der Waals surface area contributed by atoms with E-state index in [9.17, 15) is 9.59 Å². The van der Waals surface area contributed by atoms with Crippen LogP contribution in [0.15, 0.2) is 39.8 Å². The number of amidine groups is 1. The van der Waals surface area contributed by atoms with Gasteiger partial charge in [0.2, 0.25) is 5.91 Å². The van der Waals surface area contributed by atoms with Crippen LogP contribution >= 0.6 is 23.1 Å². The van der Waals surface area contributed by atoms with Gasteiger partial charge in [0.15, 0.2) is 5.17 Å². The maximum Gasteiger partial charge on any atom is 0.305 e. The Hall–Kier alpha value is -2.19. The summed E-state index contributed by atoms with van der Waals surface area (Å²) in [6, 6.07) is 8.04. The molecule has 23 heavy (non-hydrogen) atoms. The molecule has 8 heteroatoms. The van der Waals surface area contributed by atoms with Crippen LogP contribution in [0.4, 0.5) is 0 Å². The molecule has 118 valence electrons. The lowest BCUT2D eigenvalue weighted by Gasteiger charge is -1.98. The Balaban J connectivity index is 1.79. The number of rotatable bonds is 4. The molecule has 6 nitrogen and oxygen atoms in total. The van der Waals surface area contributed by atoms with Gasteiger partial charge in [-0.15, -0.1) is 16.4 Å². The molecule has 0 radical (unpaired) electrons. The number of carboxylic acids is 1. The van der Waals surface area contributed by atoms with Gasteiger partial charge >= 0.3 is 5.97 Å². The summed E-state index contributed by atoms with van der Waals surface area (Å²) in [7, 11) is 0. The van der Waals surface area contributed by atoms with Gasteiger partial charge in [0.05, 0.1) is 12.1 Å². The second kappa shape index (κ2) is 6.51. The van der Waals surface area contributed by atoms with Crippen LogP contribution in [0.2, 0.25) is 0 Å². The first-order valence-corrected chi connectivity index (χ1v) is 8.58. The van der Waals surface area contributed by atoms with Crippen molar-refractivity contribution in [2.75, 3.05) is 0 Å². The number of benzene rings is 1. The van der Waals surface area contributed by atoms with Crippen molar-refractivity contribution >= 4 is 55.9 Å². The zero-order valence-corrected chi connectivity index (χ0v) is 13.8. The topological polar surface area (TPSA) is 91.1 Å². The molecule has 3 rings (SSSR count). The number of hydrogen-bond donors (Lipinski definition) is 2. The summed E-state index contributed by atoms with van der Waals surface area (Å²) in [6.45, 7) is 1.86. The highest BCUT2D eigenvalue weighted by molar-refractivity contribution is 8.15. The van der Waals surface area contributed by atoms with Crippen LogP contribution in [-0.4, -0.2) is 33.1 Å². The SMILES string of the molecule is C/C(=N/N=C1/NC(=O)[C@@H](CC(=O)O)S1)c1csc2ccccc12. The van der Waals surface area contributed by atoms with E-state index >= 15 is 0 Å². The first-order valence-electron chi connectivity index (χ1n) is 6.83. The summed E-state index contributed by atoms with van der Waals surface area (Å²) < 4.78 is 1.18. The van der Waals surface area contributed by atoms with Crippen molar-refractivity contribution in [2.45, 2.75) is 18.6 Å². The summed E-state index contributed by atoms with van der Waals surface area (Å²) in [4.78, 5) is 22.3. The number of amides is 1. The van der Waals surface area contributed by atoms with Crippen molar-refractivity contribution < 1.29 is 14.7 Å². The van der Waals surface area contributed by atoms with Crippen LogP contribution in [0.1, 0.15) is 18.9 Å². The van der Waals surface area contributed by atoms with Crippen molar-refractivity contribution in [3.8, 4) is 0 Å². The second-order valence-corrected chi connectivity index (χ2v) is 7.03. The Kier molecular flexibility index (Phi) is 4.44. The predicted molar refractivity (Wildman–Crippen MR) is 93.2 cm³/mol. The molecule has 0 spiro atoms. The Bertz CT molecular complexity index is 841. The number of carboxylic acid groups (broad SMARTS) is 1. The van der Waals surface area contributed by atoms with Gasteiger partial charge in [-0.05, 0) is 13.0 Å². The van der Waals surface area contributed by atoms with Gasteiger partial charge < -0.3 is 10.4 Å². The minimum atomic E-state index is -1.01. The fourth-order valence-electron chi connectivity index (χ4n) is 2.18. The van der Waals surface area contributed by atoms with Crippen molar-refractivity contribution in [1.82, 2.24) is 5.32 Å². The van der Waals surface area contributed by atoms with Crippen LogP contribution in [-0.2, 0) is 9.59 Å². The zero-order chi connectivity index (χ0) is 16.4. The fourth-order valence-corrected chi connectivity index (χ4v) is 4.09. The summed E-state index contributed by atoms with van der Waals surface area (Å²) in [5.74, 6) is -1.35. The Morgan fingerprint density at radius 3 is 2.96 bits per heavy atom. The molecular weight excluding hydrogens is 334 g/mol. The summed E-state index contributed by atoms with van der Waals surface area (Å²) >= 11 is 2.73. The van der Waals surface area contributed by atoms with E-state index in [1.165, 1.54) is 4.70 Å². The smallest absolute Gasteiger partial charge is 0.305 e. The van der Waals surface area contributed by atoms with Gasteiger partial charge in [0, 0.05) is 21.0 Å². The Morgan fingerprint density at radius 1 is 1.39 bits per heavy atom. The first kappa shape index (κ1) is 15.7. The molecule has 0 saturated carbocycles. The fraction of sp³-hybridized carbons (Fsp3) is 0.200. The Morgan fingerprint density at radius 2 is 2.17 bits per heavy atom. The number of carbonyl (C=O) groups excluding carboxylic acids is 1. The van der Waals surface area contributed by atoms with Crippen LogP contribution < -0.4 is 5.32 Å². The van der Waals surface area contributed by atoms with Crippen LogP contribution in [0.25, 0.3) is 10.1 Å². The minimum Gasteiger partial charge on any atom is -0.481 e. The Labute approximate surface area is 140 Å². The lowest BCUT2D eigenvalue weighted by Crippen LogP contribution is -2.26. The molecule has 0 aliphatic carbocycles. The van der Waals surface area contributed by atoms with E-state index in [1.807, 2.05) is 36.6 Å². The third-order valence-electron chi connectivity index (χ3n) is 3.30. The number of carbonyl (C=O) groups is 2. The number of fused-ring (bicyclic) bond motifs is 1. The zero-order valence-electron chi connectivity index (χ0n) is 12.1. The number of aliphatic carboxylic acids is 1. The maximum atomic E-state index is 11.6. The molecule has 2 aromatic rings. The number of thiophene rings is 1. The third-order valence-corrected chi connectivity index (χ3v) is 5.33. The number of nitrogens with one attached hydrogen (secondary N) is 1. The third kappa shape index (κ3) is 3.43. The molecule has 1 saturated heterocycles. The van der Waals surface area contributed by atoms with E-state index in [0.717, 1.165) is 28.4 Å². The second-order valence-electron chi connectivity index (χ2n) is 4.93. The quantitative estimate of drug-likeness (QED) is 0.657. The standard InChI is InChI=1S/C15H13N3O3S2/c1-8(10-7-22-11-5-3-2-4-9(10)11)17-18-15-16-14(21)12(23-15)6-13(19)20/h2-5,7,12H,6H2,1H3,(H,19,20)(H,16,18,21)/b17-8-/t12-/m1/s1. The molecular formula is C15H13N3O3S2. The van der Waals surface area contributed by atoms with E-state index < -0.39 is 11.2 Å². The van der Waals surface area contributed by atoms with Crippen molar-refractivity contribution in [2.24, 2.45) is 10.2 Å². The largest absolute Gasteiger partial charge is 0.481 e. The monoisotopic (exact) mass is 347 g/mol. The lowest BCUT2D eigenvalue weighted by atomic mass is 10.1. The summed E-state index contributed by atoms with van der Waals surface area (Å²) in [5, 5.41) is 22.4. The summed E-state index contributed by atoms with van der Waals surface area (Å²) in [6.07, 6.45) is -0.229. The van der Waals surface area contributed by atoms with Crippen molar-refractivity contribution in [3.05, 3.63) is 35.2 Å². The predicted octanol–water partition coefficient (Wildman–Crippen LogP) is 2.69. The maximum absolute atomic E-state index is 11.6. The molecule has 2 N–H and O–H groups in total. The van der Waals surface area contributed by atoms with Crippen LogP contribution in [0.5, 0.6) is 0 Å². The average Bonchev–Trinajstić information content (AvgIpc) is 3.08. The van der Waals surface area contributed by atoms with E-state index in [4.69, 9.17) is 5.11 Å². The van der Waals surface area contributed by atoms with E-state index in [0.29, 0.717) is 5.17 Å². The molecule has 0 bridgehead atoms. The van der Waals surface area contributed by atoms with Gasteiger partial charge in [-0.25, -0.2) is 0 Å². The molecule has 2 heterocycles. The molecule has 1 aliphatic rings. The number of nitrogens with zero attached hydrogens (tertiary/aromatic N) is 2. The highest BCUT2D eigenvalue weighted by atomic mass is 32.2. The van der Waals surface area contributed by atoms with E-state index in [1.54, 1.807) is 11.3 Å². The normalized spacial score (nSPS) is 20.2. The molecule has 1 atom stereocenters. The molecule has 1 aliphatic heterocycles. The van der Waals surface area contributed by atoms with E-state index in [2.05, 4.69) is 15.5 Å². The van der Waals surface area contributed by atoms with Crippen molar-refractivity contribution in [3.63, 3.8) is 0 Å². The molecule has 1 fully saturated rings. The van der Waals surface area contributed by atoms with Crippen molar-refractivity contribution in [1.29, 1.82) is 0 Å². The number of thioether (sulfide) groups is 1.